The van der Waals surface area contributed by atoms with Crippen LogP contribution in [0.5, 0.6) is 0 Å². The summed E-state index contributed by atoms with van der Waals surface area (Å²) in [6.45, 7) is 5.98. The van der Waals surface area contributed by atoms with E-state index in [4.69, 9.17) is 9.26 Å². The maximum atomic E-state index is 13.1. The average molecular weight is 420 g/mol. The Labute approximate surface area is 169 Å². The summed E-state index contributed by atoms with van der Waals surface area (Å²) < 4.78 is 38.0. The van der Waals surface area contributed by atoms with Gasteiger partial charge in [-0.05, 0) is 32.4 Å². The van der Waals surface area contributed by atoms with E-state index < -0.39 is 10.0 Å². The standard InChI is InChI=1S/C19H24N4O5S/c1-13-18(14(2)28-21-13)29(25,26)23-7-5-15(12-23)17-16(4-3-6-20-17)19(24)22-8-10-27-11-9-22/h3-4,6,15H,5,7-12H2,1-2H3/t15-/m0/s1. The number of carbonyl (C=O) groups excluding carboxylic acids is 1. The first-order valence-electron chi connectivity index (χ1n) is 9.64. The minimum absolute atomic E-state index is 0.0802. The van der Waals surface area contributed by atoms with Gasteiger partial charge in [-0.25, -0.2) is 8.42 Å². The Balaban J connectivity index is 1.58. The van der Waals surface area contributed by atoms with E-state index in [1.54, 1.807) is 37.1 Å². The molecule has 156 valence electrons. The van der Waals surface area contributed by atoms with E-state index in [-0.39, 0.29) is 29.0 Å². The molecule has 4 heterocycles. The van der Waals surface area contributed by atoms with Crippen LogP contribution < -0.4 is 0 Å². The minimum atomic E-state index is -3.71. The topological polar surface area (TPSA) is 106 Å². The van der Waals surface area contributed by atoms with Crippen LogP contribution in [0.3, 0.4) is 0 Å². The predicted octanol–water partition coefficient (Wildman–Crippen LogP) is 1.34. The first kappa shape index (κ1) is 20.0. The fourth-order valence-electron chi connectivity index (χ4n) is 4.00. The largest absolute Gasteiger partial charge is 0.378 e. The van der Waals surface area contributed by atoms with Crippen molar-refractivity contribution >= 4 is 15.9 Å². The number of sulfonamides is 1. The molecule has 0 aliphatic carbocycles. The molecule has 1 amide bonds. The van der Waals surface area contributed by atoms with Crippen molar-refractivity contribution in [3.8, 4) is 0 Å². The summed E-state index contributed by atoms with van der Waals surface area (Å²) in [5, 5.41) is 3.77. The van der Waals surface area contributed by atoms with Gasteiger partial charge in [0.15, 0.2) is 5.76 Å². The number of rotatable bonds is 4. The number of morpholine rings is 1. The normalized spacial score (nSPS) is 20.9. The molecule has 0 aromatic carbocycles. The van der Waals surface area contributed by atoms with Gasteiger partial charge in [-0.2, -0.15) is 4.31 Å². The predicted molar refractivity (Wildman–Crippen MR) is 103 cm³/mol. The zero-order valence-corrected chi connectivity index (χ0v) is 17.3. The number of nitrogens with zero attached hydrogens (tertiary/aromatic N) is 4. The molecule has 2 saturated heterocycles. The number of amides is 1. The van der Waals surface area contributed by atoms with Crippen LogP contribution in [0.25, 0.3) is 0 Å². The molecule has 2 aromatic rings. The van der Waals surface area contributed by atoms with Crippen LogP contribution in [-0.2, 0) is 14.8 Å². The molecule has 2 aliphatic rings. The van der Waals surface area contributed by atoms with Gasteiger partial charge in [0.05, 0.1) is 24.5 Å². The van der Waals surface area contributed by atoms with Crippen molar-refractivity contribution in [1.29, 1.82) is 0 Å². The molecule has 0 saturated carbocycles. The van der Waals surface area contributed by atoms with Crippen LogP contribution in [-0.4, -0.2) is 73.1 Å². The Morgan fingerprint density at radius 3 is 2.66 bits per heavy atom. The van der Waals surface area contributed by atoms with Gasteiger partial charge < -0.3 is 14.2 Å². The van der Waals surface area contributed by atoms with E-state index in [2.05, 4.69) is 10.1 Å². The van der Waals surface area contributed by atoms with Crippen molar-refractivity contribution in [3.63, 3.8) is 0 Å². The van der Waals surface area contributed by atoms with Crippen LogP contribution in [0.4, 0.5) is 0 Å². The van der Waals surface area contributed by atoms with Crippen molar-refractivity contribution in [2.24, 2.45) is 0 Å². The number of hydrogen-bond donors (Lipinski definition) is 0. The highest BCUT2D eigenvalue weighted by molar-refractivity contribution is 7.89. The van der Waals surface area contributed by atoms with Crippen LogP contribution in [0.1, 0.15) is 39.8 Å². The Bertz CT molecular complexity index is 994. The van der Waals surface area contributed by atoms with E-state index in [0.717, 1.165) is 0 Å². The second-order valence-electron chi connectivity index (χ2n) is 7.34. The van der Waals surface area contributed by atoms with Crippen LogP contribution >= 0.6 is 0 Å². The molecule has 0 radical (unpaired) electrons. The van der Waals surface area contributed by atoms with Crippen LogP contribution in [0.2, 0.25) is 0 Å². The summed E-state index contributed by atoms with van der Waals surface area (Å²) in [5.74, 6) is 0.0573. The summed E-state index contributed by atoms with van der Waals surface area (Å²) in [6, 6.07) is 3.51. The second-order valence-corrected chi connectivity index (χ2v) is 9.22. The number of pyridine rings is 1. The van der Waals surface area contributed by atoms with Gasteiger partial charge in [-0.3, -0.25) is 9.78 Å². The molecule has 10 heteroatoms. The van der Waals surface area contributed by atoms with E-state index in [1.807, 2.05) is 0 Å². The average Bonchev–Trinajstić information content (AvgIpc) is 3.35. The molecular weight excluding hydrogens is 396 g/mol. The molecule has 2 aliphatic heterocycles. The molecule has 2 aromatic heterocycles. The third-order valence-corrected chi connectivity index (χ3v) is 7.58. The molecule has 0 bridgehead atoms. The zero-order valence-electron chi connectivity index (χ0n) is 16.5. The number of ether oxygens (including phenoxy) is 1. The monoisotopic (exact) mass is 420 g/mol. The van der Waals surface area contributed by atoms with E-state index in [0.29, 0.717) is 56.2 Å². The lowest BCUT2D eigenvalue weighted by Gasteiger charge is -2.28. The summed E-state index contributed by atoms with van der Waals surface area (Å²) in [4.78, 5) is 19.4. The lowest BCUT2D eigenvalue weighted by atomic mass is 9.98. The van der Waals surface area contributed by atoms with Crippen LogP contribution in [0, 0.1) is 13.8 Å². The number of aromatic nitrogens is 2. The van der Waals surface area contributed by atoms with Crippen LogP contribution in [0.15, 0.2) is 27.7 Å². The maximum absolute atomic E-state index is 13.1. The fourth-order valence-corrected chi connectivity index (χ4v) is 5.79. The van der Waals surface area contributed by atoms with Gasteiger partial charge >= 0.3 is 0 Å². The van der Waals surface area contributed by atoms with Gasteiger partial charge in [-0.1, -0.05) is 5.16 Å². The second kappa shape index (κ2) is 7.85. The van der Waals surface area contributed by atoms with Gasteiger partial charge in [0.1, 0.15) is 10.6 Å². The first-order chi connectivity index (χ1) is 13.9. The summed E-state index contributed by atoms with van der Waals surface area (Å²) in [7, 11) is -3.71. The summed E-state index contributed by atoms with van der Waals surface area (Å²) in [6.07, 6.45) is 2.25. The highest BCUT2D eigenvalue weighted by atomic mass is 32.2. The molecule has 9 nitrogen and oxygen atoms in total. The molecule has 4 rings (SSSR count). The minimum Gasteiger partial charge on any atom is -0.378 e. The Hall–Kier alpha value is -2.30. The molecule has 29 heavy (non-hydrogen) atoms. The van der Waals surface area contributed by atoms with Crippen molar-refractivity contribution < 1.29 is 22.5 Å². The zero-order chi connectivity index (χ0) is 20.6. The Morgan fingerprint density at radius 2 is 1.97 bits per heavy atom. The number of carbonyl (C=O) groups is 1. The Kier molecular flexibility index (Phi) is 5.41. The van der Waals surface area contributed by atoms with Gasteiger partial charge in [0.2, 0.25) is 10.0 Å². The maximum Gasteiger partial charge on any atom is 0.255 e. The molecule has 2 fully saturated rings. The number of hydrogen-bond acceptors (Lipinski definition) is 7. The third kappa shape index (κ3) is 3.67. The van der Waals surface area contributed by atoms with E-state index in [9.17, 15) is 13.2 Å². The highest BCUT2D eigenvalue weighted by Crippen LogP contribution is 2.33. The molecular formula is C19H24N4O5S. The summed E-state index contributed by atoms with van der Waals surface area (Å²) in [5.41, 5.74) is 1.54. The Morgan fingerprint density at radius 1 is 1.21 bits per heavy atom. The van der Waals surface area contributed by atoms with Crippen molar-refractivity contribution in [2.45, 2.75) is 31.1 Å². The van der Waals surface area contributed by atoms with E-state index in [1.165, 1.54) is 4.31 Å². The fraction of sp³-hybridized carbons (Fsp3) is 0.526. The quantitative estimate of drug-likeness (QED) is 0.735. The third-order valence-electron chi connectivity index (χ3n) is 5.47. The van der Waals surface area contributed by atoms with Gasteiger partial charge in [0.25, 0.3) is 5.91 Å². The number of aryl methyl sites for hydroxylation is 2. The smallest absolute Gasteiger partial charge is 0.255 e. The SMILES string of the molecule is Cc1noc(C)c1S(=O)(=O)N1CC[C@H](c2ncccc2C(=O)N2CCOCC2)C1. The summed E-state index contributed by atoms with van der Waals surface area (Å²) >= 11 is 0. The molecule has 0 N–H and O–H groups in total. The van der Waals surface area contributed by atoms with E-state index >= 15 is 0 Å². The molecule has 1 atom stereocenters. The van der Waals surface area contributed by atoms with Gasteiger partial charge in [0, 0.05) is 38.3 Å². The molecule has 0 unspecified atom stereocenters. The lowest BCUT2D eigenvalue weighted by molar-refractivity contribution is 0.0301. The first-order valence-corrected chi connectivity index (χ1v) is 11.1. The van der Waals surface area contributed by atoms with Crippen molar-refractivity contribution in [2.75, 3.05) is 39.4 Å². The molecule has 0 spiro atoms. The van der Waals surface area contributed by atoms with Crippen molar-refractivity contribution in [3.05, 3.63) is 41.0 Å². The van der Waals surface area contributed by atoms with Crippen molar-refractivity contribution in [1.82, 2.24) is 19.3 Å². The lowest BCUT2D eigenvalue weighted by Crippen LogP contribution is -2.41. The van der Waals surface area contributed by atoms with Gasteiger partial charge in [-0.15, -0.1) is 0 Å². The highest BCUT2D eigenvalue weighted by Gasteiger charge is 2.38.